The molecule has 1 aliphatic rings. The van der Waals surface area contributed by atoms with Crippen LogP contribution in [0.25, 0.3) is 11.0 Å². The Balaban J connectivity index is 1.82. The number of rotatable bonds is 4. The van der Waals surface area contributed by atoms with Gasteiger partial charge in [0.05, 0.1) is 28.4 Å². The molecule has 4 nitrogen and oxygen atoms in total. The van der Waals surface area contributed by atoms with Crippen LogP contribution in [0.5, 0.6) is 0 Å². The quantitative estimate of drug-likeness (QED) is 0.795. The zero-order chi connectivity index (χ0) is 17.3. The maximum absolute atomic E-state index is 12.7. The second kappa shape index (κ2) is 6.99. The van der Waals surface area contributed by atoms with Gasteiger partial charge < -0.3 is 10.3 Å². The lowest BCUT2D eigenvalue weighted by Crippen LogP contribution is -2.39. The number of para-hydroxylation sites is 2. The van der Waals surface area contributed by atoms with Crippen LogP contribution in [-0.2, 0) is 4.79 Å². The molecule has 1 aromatic heterocycles. The average molecular weight is 364 g/mol. The molecule has 1 heterocycles. The molecule has 1 aliphatic carbocycles. The Morgan fingerprint density at radius 1 is 1.33 bits per heavy atom. The van der Waals surface area contributed by atoms with Crippen molar-refractivity contribution >= 4 is 40.1 Å². The van der Waals surface area contributed by atoms with Crippen LogP contribution in [0.15, 0.2) is 47.5 Å². The number of imidazole rings is 1. The van der Waals surface area contributed by atoms with Gasteiger partial charge in [-0.05, 0) is 30.2 Å². The van der Waals surface area contributed by atoms with Gasteiger partial charge in [-0.2, -0.15) is 0 Å². The van der Waals surface area contributed by atoms with Gasteiger partial charge in [0.25, 0.3) is 0 Å². The van der Waals surface area contributed by atoms with Gasteiger partial charge in [-0.25, -0.2) is 4.98 Å². The van der Waals surface area contributed by atoms with Crippen LogP contribution in [0.2, 0.25) is 0 Å². The molecule has 0 saturated carbocycles. The number of amides is 1. The molecule has 0 bridgehead atoms. The summed E-state index contributed by atoms with van der Waals surface area (Å²) in [6.45, 7) is 4.09. The highest BCUT2D eigenvalue weighted by atomic mass is 35.5. The van der Waals surface area contributed by atoms with Gasteiger partial charge in [-0.3, -0.25) is 4.79 Å². The summed E-state index contributed by atoms with van der Waals surface area (Å²) in [5.41, 5.74) is 1.84. The number of fused-ring (bicyclic) bond motifs is 1. The predicted octanol–water partition coefficient (Wildman–Crippen LogP) is 4.29. The van der Waals surface area contributed by atoms with Gasteiger partial charge in [-0.15, -0.1) is 11.6 Å². The van der Waals surface area contributed by atoms with E-state index in [0.717, 1.165) is 16.9 Å². The number of carbonyl (C=O) groups excluding carboxylic acids is 1. The fraction of sp³-hybridized carbons (Fsp3) is 0.333. The van der Waals surface area contributed by atoms with E-state index in [-0.39, 0.29) is 17.9 Å². The molecule has 0 saturated heterocycles. The van der Waals surface area contributed by atoms with E-state index in [1.54, 1.807) is 18.2 Å². The summed E-state index contributed by atoms with van der Waals surface area (Å²) in [7, 11) is 0. The molecule has 3 unspecified atom stereocenters. The van der Waals surface area contributed by atoms with Crippen LogP contribution in [0.4, 0.5) is 0 Å². The third-order valence-corrected chi connectivity index (χ3v) is 4.74. The van der Waals surface area contributed by atoms with Crippen LogP contribution in [0, 0.1) is 11.8 Å². The third-order valence-electron chi connectivity index (χ3n) is 4.09. The minimum Gasteiger partial charge on any atom is -0.345 e. The van der Waals surface area contributed by atoms with E-state index in [0.29, 0.717) is 5.03 Å². The summed E-state index contributed by atoms with van der Waals surface area (Å²) in [6.07, 6.45) is 5.13. The van der Waals surface area contributed by atoms with Crippen LogP contribution >= 0.6 is 23.2 Å². The van der Waals surface area contributed by atoms with Crippen molar-refractivity contribution < 1.29 is 4.79 Å². The highest BCUT2D eigenvalue weighted by molar-refractivity contribution is 6.33. The lowest BCUT2D eigenvalue weighted by Gasteiger charge is -2.25. The van der Waals surface area contributed by atoms with Crippen molar-refractivity contribution in [2.24, 2.45) is 11.8 Å². The van der Waals surface area contributed by atoms with E-state index < -0.39 is 11.3 Å². The molecule has 1 amide bonds. The zero-order valence-electron chi connectivity index (χ0n) is 13.5. The summed E-state index contributed by atoms with van der Waals surface area (Å²) in [5, 5.41) is 3.17. The molecule has 0 spiro atoms. The molecule has 3 atom stereocenters. The molecule has 126 valence electrons. The number of allylic oxidation sites excluding steroid dienone is 3. The summed E-state index contributed by atoms with van der Waals surface area (Å²) in [4.78, 5) is 20.6. The lowest BCUT2D eigenvalue weighted by atomic mass is 9.97. The first-order chi connectivity index (χ1) is 11.5. The molecular formula is C18H19Cl2N3O. The van der Waals surface area contributed by atoms with E-state index in [1.165, 1.54) is 0 Å². The van der Waals surface area contributed by atoms with E-state index in [2.05, 4.69) is 15.3 Å². The predicted molar refractivity (Wildman–Crippen MR) is 98.0 cm³/mol. The van der Waals surface area contributed by atoms with Crippen molar-refractivity contribution in [2.75, 3.05) is 0 Å². The largest absolute Gasteiger partial charge is 0.345 e. The van der Waals surface area contributed by atoms with E-state index in [1.807, 2.05) is 38.1 Å². The van der Waals surface area contributed by atoms with Crippen molar-refractivity contribution in [1.82, 2.24) is 15.3 Å². The molecule has 0 fully saturated rings. The normalized spacial score (nSPS) is 21.8. The maximum Gasteiger partial charge on any atom is 0.229 e. The number of nitrogens with zero attached hydrogens (tertiary/aromatic N) is 1. The highest BCUT2D eigenvalue weighted by Crippen LogP contribution is 2.27. The second-order valence-corrected chi connectivity index (χ2v) is 7.19. The Morgan fingerprint density at radius 3 is 2.75 bits per heavy atom. The Kier molecular flexibility index (Phi) is 4.97. The molecule has 1 aromatic carbocycles. The number of H-pyrrole nitrogens is 1. The third kappa shape index (κ3) is 3.50. The summed E-state index contributed by atoms with van der Waals surface area (Å²) < 4.78 is 0. The van der Waals surface area contributed by atoms with Crippen LogP contribution in [-0.4, -0.2) is 21.3 Å². The van der Waals surface area contributed by atoms with E-state index in [4.69, 9.17) is 23.2 Å². The molecule has 2 N–H and O–H groups in total. The van der Waals surface area contributed by atoms with Crippen LogP contribution < -0.4 is 5.32 Å². The number of aromatic nitrogens is 2. The first-order valence-electron chi connectivity index (χ1n) is 7.90. The Hall–Kier alpha value is -1.78. The molecule has 24 heavy (non-hydrogen) atoms. The van der Waals surface area contributed by atoms with Crippen molar-refractivity contribution in [3.8, 4) is 0 Å². The first kappa shape index (κ1) is 17.1. The molecule has 0 radical (unpaired) electrons. The number of nitrogens with one attached hydrogen (secondary N) is 2. The van der Waals surface area contributed by atoms with Crippen molar-refractivity contribution in [3.63, 3.8) is 0 Å². The van der Waals surface area contributed by atoms with Gasteiger partial charge in [0.1, 0.15) is 5.82 Å². The van der Waals surface area contributed by atoms with Crippen molar-refractivity contribution in [3.05, 3.63) is 53.4 Å². The standard InChI is InChI=1S/C18H19Cl2N3O/c1-10(2)16(17-21-14-5-3-4-6-15(14)22-17)23-18(24)12-8-7-11(19)9-13(12)20/h3-10,12-13,16H,1-2H3,(H,21,22)(H,23,24). The van der Waals surface area contributed by atoms with E-state index in [9.17, 15) is 4.79 Å². The smallest absolute Gasteiger partial charge is 0.229 e. The van der Waals surface area contributed by atoms with Crippen molar-refractivity contribution in [1.29, 1.82) is 0 Å². The SMILES string of the molecule is CC(C)C(NC(=O)C1C=CC(Cl)=CC1Cl)c1nc2ccccc2[nH]1. The number of halogens is 2. The Bertz CT molecular complexity index is 776. The minimum absolute atomic E-state index is 0.133. The maximum atomic E-state index is 12.7. The van der Waals surface area contributed by atoms with Gasteiger partial charge in [0.15, 0.2) is 0 Å². The zero-order valence-corrected chi connectivity index (χ0v) is 15.0. The highest BCUT2D eigenvalue weighted by Gasteiger charge is 2.29. The molecule has 6 heteroatoms. The van der Waals surface area contributed by atoms with E-state index >= 15 is 0 Å². The number of benzene rings is 1. The molecular weight excluding hydrogens is 345 g/mol. The lowest BCUT2D eigenvalue weighted by molar-refractivity contribution is -0.124. The number of aromatic amines is 1. The van der Waals surface area contributed by atoms with Crippen molar-refractivity contribution in [2.45, 2.75) is 25.3 Å². The monoisotopic (exact) mass is 363 g/mol. The summed E-state index contributed by atoms with van der Waals surface area (Å²) >= 11 is 12.2. The van der Waals surface area contributed by atoms with Gasteiger partial charge in [0, 0.05) is 5.03 Å². The topological polar surface area (TPSA) is 57.8 Å². The Labute approximate surface area is 150 Å². The van der Waals surface area contributed by atoms with Gasteiger partial charge in [-0.1, -0.05) is 43.7 Å². The fourth-order valence-electron chi connectivity index (χ4n) is 2.77. The molecule has 2 aromatic rings. The fourth-order valence-corrected chi connectivity index (χ4v) is 3.37. The molecule has 0 aliphatic heterocycles. The second-order valence-electron chi connectivity index (χ2n) is 6.25. The summed E-state index contributed by atoms with van der Waals surface area (Å²) in [5.74, 6) is 0.347. The summed E-state index contributed by atoms with van der Waals surface area (Å²) in [6, 6.07) is 7.59. The number of carbonyl (C=O) groups is 1. The van der Waals surface area contributed by atoms with Gasteiger partial charge in [0.2, 0.25) is 5.91 Å². The van der Waals surface area contributed by atoms with Gasteiger partial charge >= 0.3 is 0 Å². The minimum atomic E-state index is -0.453. The number of hydrogen-bond acceptors (Lipinski definition) is 2. The Morgan fingerprint density at radius 2 is 2.08 bits per heavy atom. The first-order valence-corrected chi connectivity index (χ1v) is 8.72. The number of hydrogen-bond donors (Lipinski definition) is 2. The molecule has 3 rings (SSSR count). The number of alkyl halides is 1. The van der Waals surface area contributed by atoms with Crippen LogP contribution in [0.1, 0.15) is 25.7 Å². The average Bonchev–Trinajstić information content (AvgIpc) is 2.95. The van der Waals surface area contributed by atoms with Crippen LogP contribution in [0.3, 0.4) is 0 Å².